The number of nitrogens with zero attached hydrogens (tertiary/aromatic N) is 2. The van der Waals surface area contributed by atoms with Crippen molar-refractivity contribution in [2.45, 2.75) is 38.1 Å². The lowest BCUT2D eigenvalue weighted by atomic mass is 9.92. The molecule has 2 nitrogen and oxygen atoms in total. The Kier molecular flexibility index (Phi) is 2.88. The smallest absolute Gasteiger partial charge is 0.128 e. The van der Waals surface area contributed by atoms with E-state index in [2.05, 4.69) is 37.9 Å². The van der Waals surface area contributed by atoms with Crippen LogP contribution in [0.2, 0.25) is 0 Å². The van der Waals surface area contributed by atoms with Crippen LogP contribution in [0.4, 0.5) is 5.82 Å². The number of rotatable bonds is 1. The van der Waals surface area contributed by atoms with Crippen LogP contribution in [0.1, 0.15) is 32.1 Å². The van der Waals surface area contributed by atoms with Crippen molar-refractivity contribution in [1.82, 2.24) is 4.98 Å². The van der Waals surface area contributed by atoms with Gasteiger partial charge < -0.3 is 4.90 Å². The highest BCUT2D eigenvalue weighted by molar-refractivity contribution is 9.10. The van der Waals surface area contributed by atoms with Gasteiger partial charge in [0.2, 0.25) is 0 Å². The van der Waals surface area contributed by atoms with Crippen LogP contribution in [-0.4, -0.2) is 17.6 Å². The van der Waals surface area contributed by atoms with Crippen LogP contribution in [0.5, 0.6) is 0 Å². The van der Waals surface area contributed by atoms with E-state index in [1.165, 1.54) is 44.5 Å². The quantitative estimate of drug-likeness (QED) is 0.781. The van der Waals surface area contributed by atoms with Gasteiger partial charge in [0.15, 0.2) is 0 Å². The number of hydrogen-bond acceptors (Lipinski definition) is 2. The van der Waals surface area contributed by atoms with Crippen molar-refractivity contribution in [3.63, 3.8) is 0 Å². The van der Waals surface area contributed by atoms with E-state index in [9.17, 15) is 0 Å². The van der Waals surface area contributed by atoms with E-state index in [4.69, 9.17) is 0 Å². The number of anilines is 1. The summed E-state index contributed by atoms with van der Waals surface area (Å²) in [5.41, 5.74) is 0. The SMILES string of the molecule is Brc1ccc(N2CCCC3CCCC32)nc1. The van der Waals surface area contributed by atoms with E-state index in [-0.39, 0.29) is 0 Å². The fourth-order valence-electron chi connectivity index (χ4n) is 3.28. The summed E-state index contributed by atoms with van der Waals surface area (Å²) in [6.45, 7) is 1.19. The summed E-state index contributed by atoms with van der Waals surface area (Å²) >= 11 is 3.44. The molecule has 0 radical (unpaired) electrons. The highest BCUT2D eigenvalue weighted by Crippen LogP contribution is 2.38. The first-order valence-corrected chi connectivity index (χ1v) is 7.02. The van der Waals surface area contributed by atoms with Crippen molar-refractivity contribution in [3.05, 3.63) is 22.8 Å². The van der Waals surface area contributed by atoms with Crippen molar-refractivity contribution in [2.75, 3.05) is 11.4 Å². The molecule has 2 aliphatic rings. The second kappa shape index (κ2) is 4.36. The first kappa shape index (κ1) is 10.6. The van der Waals surface area contributed by atoms with Crippen molar-refractivity contribution in [3.8, 4) is 0 Å². The molecule has 0 N–H and O–H groups in total. The average molecular weight is 281 g/mol. The van der Waals surface area contributed by atoms with Crippen molar-refractivity contribution >= 4 is 21.7 Å². The van der Waals surface area contributed by atoms with E-state index in [1.54, 1.807) is 0 Å². The van der Waals surface area contributed by atoms with Crippen LogP contribution in [0, 0.1) is 5.92 Å². The number of halogens is 1. The van der Waals surface area contributed by atoms with Gasteiger partial charge in [-0.1, -0.05) is 6.42 Å². The van der Waals surface area contributed by atoms with Crippen LogP contribution >= 0.6 is 15.9 Å². The van der Waals surface area contributed by atoms with Crippen molar-refractivity contribution in [2.24, 2.45) is 5.92 Å². The Hall–Kier alpha value is -0.570. The van der Waals surface area contributed by atoms with E-state index < -0.39 is 0 Å². The van der Waals surface area contributed by atoms with Gasteiger partial charge in [0.25, 0.3) is 0 Å². The molecule has 0 bridgehead atoms. The van der Waals surface area contributed by atoms with E-state index in [0.29, 0.717) is 0 Å². The Balaban J connectivity index is 1.85. The van der Waals surface area contributed by atoms with E-state index in [0.717, 1.165) is 16.4 Å². The normalized spacial score (nSPS) is 29.2. The van der Waals surface area contributed by atoms with Gasteiger partial charge in [0.1, 0.15) is 5.82 Å². The molecular weight excluding hydrogens is 264 g/mol. The van der Waals surface area contributed by atoms with Gasteiger partial charge in [0, 0.05) is 23.3 Å². The summed E-state index contributed by atoms with van der Waals surface area (Å²) in [5, 5.41) is 0. The lowest BCUT2D eigenvalue weighted by Crippen LogP contribution is -2.43. The fourth-order valence-corrected chi connectivity index (χ4v) is 3.51. The third kappa shape index (κ3) is 1.86. The first-order valence-electron chi connectivity index (χ1n) is 6.23. The fraction of sp³-hybridized carbons (Fsp3) is 0.615. The van der Waals surface area contributed by atoms with Crippen LogP contribution in [-0.2, 0) is 0 Å². The number of hydrogen-bond donors (Lipinski definition) is 0. The molecule has 0 spiro atoms. The van der Waals surface area contributed by atoms with Gasteiger partial charge in [-0.3, -0.25) is 0 Å². The first-order chi connectivity index (χ1) is 7.84. The molecule has 3 rings (SSSR count). The minimum absolute atomic E-state index is 0.766. The molecule has 1 saturated carbocycles. The second-order valence-corrected chi connectivity index (χ2v) is 5.84. The molecule has 16 heavy (non-hydrogen) atoms. The molecule has 2 heterocycles. The maximum absolute atomic E-state index is 4.54. The van der Waals surface area contributed by atoms with E-state index >= 15 is 0 Å². The van der Waals surface area contributed by atoms with Gasteiger partial charge in [-0.15, -0.1) is 0 Å². The van der Waals surface area contributed by atoms with Crippen LogP contribution in [0.25, 0.3) is 0 Å². The molecule has 1 aromatic heterocycles. The Morgan fingerprint density at radius 1 is 1.19 bits per heavy atom. The highest BCUT2D eigenvalue weighted by Gasteiger charge is 2.35. The molecule has 2 atom stereocenters. The molecule has 1 aliphatic heterocycles. The molecule has 0 amide bonds. The largest absolute Gasteiger partial charge is 0.353 e. The predicted octanol–water partition coefficient (Wildman–Crippen LogP) is 3.61. The van der Waals surface area contributed by atoms with Gasteiger partial charge in [-0.05, 0) is 59.7 Å². The van der Waals surface area contributed by atoms with Crippen LogP contribution in [0.3, 0.4) is 0 Å². The molecule has 2 fully saturated rings. The number of aromatic nitrogens is 1. The predicted molar refractivity (Wildman–Crippen MR) is 69.6 cm³/mol. The van der Waals surface area contributed by atoms with Crippen LogP contribution < -0.4 is 4.90 Å². The topological polar surface area (TPSA) is 16.1 Å². The Morgan fingerprint density at radius 2 is 2.06 bits per heavy atom. The third-order valence-corrected chi connectivity index (χ3v) is 4.47. The number of pyridine rings is 1. The molecule has 1 aliphatic carbocycles. The number of piperidine rings is 1. The third-order valence-electron chi connectivity index (χ3n) is 4.00. The zero-order chi connectivity index (χ0) is 11.0. The summed E-state index contributed by atoms with van der Waals surface area (Å²) in [6.07, 6.45) is 8.87. The Labute approximate surface area is 105 Å². The summed E-state index contributed by atoms with van der Waals surface area (Å²) in [6, 6.07) is 5.01. The van der Waals surface area contributed by atoms with Gasteiger partial charge in [-0.25, -0.2) is 4.98 Å². The minimum atomic E-state index is 0.766. The maximum Gasteiger partial charge on any atom is 0.128 e. The molecule has 3 heteroatoms. The number of fused-ring (bicyclic) bond motifs is 1. The zero-order valence-electron chi connectivity index (χ0n) is 9.40. The summed E-state index contributed by atoms with van der Waals surface area (Å²) in [7, 11) is 0. The second-order valence-electron chi connectivity index (χ2n) is 4.93. The minimum Gasteiger partial charge on any atom is -0.353 e. The lowest BCUT2D eigenvalue weighted by molar-refractivity contribution is 0.360. The monoisotopic (exact) mass is 280 g/mol. The average Bonchev–Trinajstić information content (AvgIpc) is 2.78. The van der Waals surface area contributed by atoms with Crippen LogP contribution in [0.15, 0.2) is 22.8 Å². The molecule has 0 aromatic carbocycles. The van der Waals surface area contributed by atoms with Crippen molar-refractivity contribution in [1.29, 1.82) is 0 Å². The standard InChI is InChI=1S/C13H17BrN2/c14-11-6-7-13(15-9-11)16-8-2-4-10-3-1-5-12(10)16/h6-7,9-10,12H,1-5,8H2. The maximum atomic E-state index is 4.54. The molecule has 86 valence electrons. The van der Waals surface area contributed by atoms with Gasteiger partial charge in [0.05, 0.1) is 0 Å². The molecule has 1 saturated heterocycles. The van der Waals surface area contributed by atoms with Gasteiger partial charge >= 0.3 is 0 Å². The Morgan fingerprint density at radius 3 is 2.88 bits per heavy atom. The van der Waals surface area contributed by atoms with E-state index in [1.807, 2.05) is 6.20 Å². The van der Waals surface area contributed by atoms with Gasteiger partial charge in [-0.2, -0.15) is 0 Å². The summed E-state index contributed by atoms with van der Waals surface area (Å²) in [5.74, 6) is 2.10. The van der Waals surface area contributed by atoms with Crippen molar-refractivity contribution < 1.29 is 0 Å². The summed E-state index contributed by atoms with van der Waals surface area (Å²) in [4.78, 5) is 7.08. The lowest BCUT2D eigenvalue weighted by Gasteiger charge is -2.38. The highest BCUT2D eigenvalue weighted by atomic mass is 79.9. The molecular formula is C13H17BrN2. The zero-order valence-corrected chi connectivity index (χ0v) is 11.0. The molecule has 1 aromatic rings. The Bertz CT molecular complexity index is 363. The summed E-state index contributed by atoms with van der Waals surface area (Å²) < 4.78 is 1.07. The molecule has 2 unspecified atom stereocenters.